The van der Waals surface area contributed by atoms with Crippen LogP contribution in [0.15, 0.2) is 0 Å². The third-order valence-corrected chi connectivity index (χ3v) is 2.48. The van der Waals surface area contributed by atoms with Gasteiger partial charge in [-0.1, -0.05) is 6.92 Å². The van der Waals surface area contributed by atoms with Crippen molar-refractivity contribution in [2.45, 2.75) is 45.7 Å². The first-order chi connectivity index (χ1) is 6.11. The van der Waals surface area contributed by atoms with Gasteiger partial charge >= 0.3 is 0 Å². The van der Waals surface area contributed by atoms with E-state index in [0.717, 1.165) is 13.0 Å². The van der Waals surface area contributed by atoms with Gasteiger partial charge in [-0.3, -0.25) is 4.79 Å². The molecule has 0 aromatic heterocycles. The lowest BCUT2D eigenvalue weighted by Gasteiger charge is -2.29. The zero-order valence-corrected chi connectivity index (χ0v) is 8.76. The fourth-order valence-corrected chi connectivity index (χ4v) is 1.77. The predicted octanol–water partition coefficient (Wildman–Crippen LogP) is 0.899. The van der Waals surface area contributed by atoms with Gasteiger partial charge in [-0.05, 0) is 39.2 Å². The SMILES string of the molecule is CC(C)NC(=O)C1NCCCC1C. The lowest BCUT2D eigenvalue weighted by atomic mass is 9.92. The van der Waals surface area contributed by atoms with Crippen LogP contribution in [-0.4, -0.2) is 24.5 Å². The van der Waals surface area contributed by atoms with Crippen LogP contribution < -0.4 is 10.6 Å². The zero-order valence-electron chi connectivity index (χ0n) is 8.76. The van der Waals surface area contributed by atoms with Crippen LogP contribution in [0.5, 0.6) is 0 Å². The van der Waals surface area contributed by atoms with Gasteiger partial charge in [-0.25, -0.2) is 0 Å². The molecule has 0 aromatic carbocycles. The van der Waals surface area contributed by atoms with Crippen molar-refractivity contribution >= 4 is 5.91 Å². The molecule has 2 atom stereocenters. The normalized spacial score (nSPS) is 28.9. The van der Waals surface area contributed by atoms with Crippen molar-refractivity contribution in [2.24, 2.45) is 5.92 Å². The number of nitrogens with one attached hydrogen (secondary N) is 2. The van der Waals surface area contributed by atoms with Gasteiger partial charge in [-0.2, -0.15) is 0 Å². The Labute approximate surface area is 80.3 Å². The maximum absolute atomic E-state index is 11.6. The number of carbonyl (C=O) groups is 1. The van der Waals surface area contributed by atoms with Gasteiger partial charge in [0.2, 0.25) is 5.91 Å². The van der Waals surface area contributed by atoms with E-state index in [1.54, 1.807) is 0 Å². The molecule has 13 heavy (non-hydrogen) atoms. The van der Waals surface area contributed by atoms with E-state index >= 15 is 0 Å². The summed E-state index contributed by atoms with van der Waals surface area (Å²) in [4.78, 5) is 11.6. The molecule has 1 aliphatic rings. The summed E-state index contributed by atoms with van der Waals surface area (Å²) < 4.78 is 0. The molecule has 2 unspecified atom stereocenters. The highest BCUT2D eigenvalue weighted by Crippen LogP contribution is 2.15. The van der Waals surface area contributed by atoms with Crippen molar-refractivity contribution in [1.29, 1.82) is 0 Å². The van der Waals surface area contributed by atoms with Crippen LogP contribution in [0.1, 0.15) is 33.6 Å². The van der Waals surface area contributed by atoms with E-state index in [2.05, 4.69) is 17.6 Å². The highest BCUT2D eigenvalue weighted by Gasteiger charge is 2.27. The Morgan fingerprint density at radius 2 is 2.23 bits per heavy atom. The van der Waals surface area contributed by atoms with Crippen LogP contribution in [0.3, 0.4) is 0 Å². The molecule has 0 bridgehead atoms. The molecule has 1 fully saturated rings. The summed E-state index contributed by atoms with van der Waals surface area (Å²) in [5, 5.41) is 6.20. The Kier molecular flexibility index (Phi) is 3.72. The first-order valence-corrected chi connectivity index (χ1v) is 5.15. The molecule has 76 valence electrons. The number of hydrogen-bond acceptors (Lipinski definition) is 2. The Bertz CT molecular complexity index is 180. The second kappa shape index (κ2) is 4.61. The molecule has 0 spiro atoms. The fourth-order valence-electron chi connectivity index (χ4n) is 1.77. The van der Waals surface area contributed by atoms with Crippen LogP contribution in [0.4, 0.5) is 0 Å². The molecule has 3 nitrogen and oxygen atoms in total. The average molecular weight is 184 g/mol. The van der Waals surface area contributed by atoms with Gasteiger partial charge in [0.25, 0.3) is 0 Å². The Balaban J connectivity index is 2.44. The standard InChI is InChI=1S/C10H20N2O/c1-7(2)12-10(13)9-8(3)5-4-6-11-9/h7-9,11H,4-6H2,1-3H3,(H,12,13). The summed E-state index contributed by atoms with van der Waals surface area (Å²) in [7, 11) is 0. The Hall–Kier alpha value is -0.570. The molecule has 1 saturated heterocycles. The van der Waals surface area contributed by atoms with Crippen LogP contribution in [-0.2, 0) is 4.79 Å². The summed E-state index contributed by atoms with van der Waals surface area (Å²) in [6, 6.07) is 0.263. The van der Waals surface area contributed by atoms with Crippen LogP contribution in [0.25, 0.3) is 0 Å². The predicted molar refractivity (Wildman–Crippen MR) is 53.5 cm³/mol. The number of carbonyl (C=O) groups excluding carboxylic acids is 1. The highest BCUT2D eigenvalue weighted by atomic mass is 16.2. The van der Waals surface area contributed by atoms with Crippen molar-refractivity contribution in [3.8, 4) is 0 Å². The molecular formula is C10H20N2O. The first-order valence-electron chi connectivity index (χ1n) is 5.15. The van der Waals surface area contributed by atoms with E-state index in [1.165, 1.54) is 6.42 Å². The molecular weight excluding hydrogens is 164 g/mol. The van der Waals surface area contributed by atoms with E-state index in [4.69, 9.17) is 0 Å². The van der Waals surface area contributed by atoms with Crippen molar-refractivity contribution in [2.75, 3.05) is 6.54 Å². The van der Waals surface area contributed by atoms with Gasteiger partial charge < -0.3 is 10.6 Å². The lowest BCUT2D eigenvalue weighted by Crippen LogP contribution is -2.52. The van der Waals surface area contributed by atoms with Crippen LogP contribution in [0.2, 0.25) is 0 Å². The summed E-state index contributed by atoms with van der Waals surface area (Å²) in [5.41, 5.74) is 0. The number of rotatable bonds is 2. The van der Waals surface area contributed by atoms with Crippen molar-refractivity contribution < 1.29 is 4.79 Å². The van der Waals surface area contributed by atoms with Gasteiger partial charge in [-0.15, -0.1) is 0 Å². The van der Waals surface area contributed by atoms with Gasteiger partial charge in [0, 0.05) is 6.04 Å². The van der Waals surface area contributed by atoms with Crippen molar-refractivity contribution in [1.82, 2.24) is 10.6 Å². The third-order valence-electron chi connectivity index (χ3n) is 2.48. The average Bonchev–Trinajstić information content (AvgIpc) is 2.03. The topological polar surface area (TPSA) is 41.1 Å². The van der Waals surface area contributed by atoms with E-state index < -0.39 is 0 Å². The number of hydrogen-bond donors (Lipinski definition) is 2. The van der Waals surface area contributed by atoms with E-state index in [9.17, 15) is 4.79 Å². The second-order valence-electron chi connectivity index (χ2n) is 4.21. The summed E-state index contributed by atoms with van der Waals surface area (Å²) in [6.45, 7) is 7.09. The van der Waals surface area contributed by atoms with E-state index in [-0.39, 0.29) is 18.0 Å². The smallest absolute Gasteiger partial charge is 0.237 e. The minimum absolute atomic E-state index is 0.0242. The number of amides is 1. The molecule has 2 N–H and O–H groups in total. The quantitative estimate of drug-likeness (QED) is 0.669. The molecule has 1 heterocycles. The largest absolute Gasteiger partial charge is 0.353 e. The summed E-state index contributed by atoms with van der Waals surface area (Å²) in [6.07, 6.45) is 2.34. The maximum atomic E-state index is 11.6. The third kappa shape index (κ3) is 2.99. The van der Waals surface area contributed by atoms with E-state index in [0.29, 0.717) is 5.92 Å². The Morgan fingerprint density at radius 3 is 2.77 bits per heavy atom. The molecule has 3 heteroatoms. The van der Waals surface area contributed by atoms with E-state index in [1.807, 2.05) is 13.8 Å². The molecule has 0 saturated carbocycles. The summed E-state index contributed by atoms with van der Waals surface area (Å²) in [5.74, 6) is 0.620. The molecule has 1 amide bonds. The molecule has 1 rings (SSSR count). The van der Waals surface area contributed by atoms with Gasteiger partial charge in [0.1, 0.15) is 0 Å². The molecule has 0 radical (unpaired) electrons. The monoisotopic (exact) mass is 184 g/mol. The molecule has 1 aliphatic heterocycles. The summed E-state index contributed by atoms with van der Waals surface area (Å²) >= 11 is 0. The highest BCUT2D eigenvalue weighted by molar-refractivity contribution is 5.82. The van der Waals surface area contributed by atoms with Crippen LogP contribution in [0, 0.1) is 5.92 Å². The van der Waals surface area contributed by atoms with Gasteiger partial charge in [0.15, 0.2) is 0 Å². The minimum Gasteiger partial charge on any atom is -0.353 e. The second-order valence-corrected chi connectivity index (χ2v) is 4.21. The van der Waals surface area contributed by atoms with Crippen molar-refractivity contribution in [3.05, 3.63) is 0 Å². The Morgan fingerprint density at radius 1 is 1.54 bits per heavy atom. The molecule has 0 aliphatic carbocycles. The first kappa shape index (κ1) is 10.5. The minimum atomic E-state index is 0.0242. The zero-order chi connectivity index (χ0) is 9.84. The molecule has 0 aromatic rings. The fraction of sp³-hybridized carbons (Fsp3) is 0.900. The van der Waals surface area contributed by atoms with Crippen LogP contribution >= 0.6 is 0 Å². The number of piperidine rings is 1. The maximum Gasteiger partial charge on any atom is 0.237 e. The van der Waals surface area contributed by atoms with Crippen molar-refractivity contribution in [3.63, 3.8) is 0 Å². The van der Waals surface area contributed by atoms with Gasteiger partial charge in [0.05, 0.1) is 6.04 Å². The lowest BCUT2D eigenvalue weighted by molar-refractivity contribution is -0.125.